The van der Waals surface area contributed by atoms with Gasteiger partial charge in [-0.1, -0.05) is 19.8 Å². The van der Waals surface area contributed by atoms with Crippen LogP contribution in [0, 0.1) is 5.92 Å². The Morgan fingerprint density at radius 2 is 1.95 bits per heavy atom. The molecular formula is C14H24N2O3. The number of aliphatic carboxylic acids is 1. The van der Waals surface area contributed by atoms with Gasteiger partial charge in [0.25, 0.3) is 0 Å². The van der Waals surface area contributed by atoms with Gasteiger partial charge in [-0.05, 0) is 38.0 Å². The Morgan fingerprint density at radius 3 is 2.42 bits per heavy atom. The van der Waals surface area contributed by atoms with Crippen molar-refractivity contribution in [3.63, 3.8) is 0 Å². The zero-order valence-electron chi connectivity index (χ0n) is 11.8. The van der Waals surface area contributed by atoms with E-state index in [2.05, 4.69) is 12.2 Å². The van der Waals surface area contributed by atoms with Gasteiger partial charge >= 0.3 is 12.0 Å². The van der Waals surface area contributed by atoms with Gasteiger partial charge in [0.2, 0.25) is 0 Å². The second-order valence-electron chi connectivity index (χ2n) is 6.21. The van der Waals surface area contributed by atoms with Crippen molar-refractivity contribution in [3.05, 3.63) is 0 Å². The summed E-state index contributed by atoms with van der Waals surface area (Å²) in [5.74, 6) is -0.548. The molecule has 2 aliphatic rings. The third kappa shape index (κ3) is 2.85. The molecule has 2 saturated carbocycles. The van der Waals surface area contributed by atoms with Crippen LogP contribution in [0.5, 0.6) is 0 Å². The van der Waals surface area contributed by atoms with E-state index in [9.17, 15) is 14.7 Å². The molecule has 2 amide bonds. The number of amides is 2. The largest absolute Gasteiger partial charge is 0.480 e. The quantitative estimate of drug-likeness (QED) is 0.824. The SMILES string of the molecule is CC1CCCC(NC(=O)N(C)C2CCC2)(C(=O)O)C1. The van der Waals surface area contributed by atoms with Crippen LogP contribution in [-0.2, 0) is 4.79 Å². The molecule has 2 atom stereocenters. The van der Waals surface area contributed by atoms with Gasteiger partial charge in [0, 0.05) is 13.1 Å². The fourth-order valence-electron chi connectivity index (χ4n) is 3.15. The molecule has 0 aromatic carbocycles. The Hall–Kier alpha value is -1.26. The lowest BCUT2D eigenvalue weighted by molar-refractivity contribution is -0.146. The molecule has 19 heavy (non-hydrogen) atoms. The van der Waals surface area contributed by atoms with Gasteiger partial charge in [0.05, 0.1) is 0 Å². The molecule has 5 nitrogen and oxygen atoms in total. The molecule has 0 aromatic heterocycles. The Labute approximate surface area is 114 Å². The summed E-state index contributed by atoms with van der Waals surface area (Å²) in [7, 11) is 1.76. The van der Waals surface area contributed by atoms with Gasteiger partial charge in [-0.15, -0.1) is 0 Å². The highest BCUT2D eigenvalue weighted by atomic mass is 16.4. The van der Waals surface area contributed by atoms with Crippen molar-refractivity contribution < 1.29 is 14.7 Å². The number of carboxylic acids is 1. The van der Waals surface area contributed by atoms with Crippen molar-refractivity contribution in [2.45, 2.75) is 63.5 Å². The number of urea groups is 1. The van der Waals surface area contributed by atoms with Crippen molar-refractivity contribution in [3.8, 4) is 0 Å². The molecule has 0 heterocycles. The van der Waals surface area contributed by atoms with Crippen LogP contribution in [0.3, 0.4) is 0 Å². The van der Waals surface area contributed by atoms with Gasteiger partial charge < -0.3 is 15.3 Å². The van der Waals surface area contributed by atoms with E-state index in [4.69, 9.17) is 0 Å². The highest BCUT2D eigenvalue weighted by molar-refractivity contribution is 5.86. The van der Waals surface area contributed by atoms with Crippen molar-refractivity contribution in [2.75, 3.05) is 7.05 Å². The summed E-state index contributed by atoms with van der Waals surface area (Å²) in [5.41, 5.74) is -1.06. The van der Waals surface area contributed by atoms with Gasteiger partial charge in [-0.2, -0.15) is 0 Å². The Morgan fingerprint density at radius 1 is 1.26 bits per heavy atom. The van der Waals surface area contributed by atoms with E-state index in [0.29, 0.717) is 18.8 Å². The molecule has 0 radical (unpaired) electrons. The van der Waals surface area contributed by atoms with Crippen LogP contribution in [0.15, 0.2) is 0 Å². The first-order valence-corrected chi connectivity index (χ1v) is 7.23. The fourth-order valence-corrected chi connectivity index (χ4v) is 3.15. The molecule has 2 N–H and O–H groups in total. The monoisotopic (exact) mass is 268 g/mol. The summed E-state index contributed by atoms with van der Waals surface area (Å²) in [6.45, 7) is 2.05. The van der Waals surface area contributed by atoms with Crippen LogP contribution >= 0.6 is 0 Å². The van der Waals surface area contributed by atoms with Crippen LogP contribution in [0.1, 0.15) is 51.9 Å². The molecule has 0 bridgehead atoms. The van der Waals surface area contributed by atoms with Crippen molar-refractivity contribution >= 4 is 12.0 Å². The zero-order valence-corrected chi connectivity index (χ0v) is 11.8. The third-order valence-corrected chi connectivity index (χ3v) is 4.70. The minimum absolute atomic E-state index is 0.235. The standard InChI is InChI=1S/C14H24N2O3/c1-10-5-4-8-14(9-10,12(17)18)15-13(19)16(2)11-6-3-7-11/h10-11H,3-9H2,1-2H3,(H,15,19)(H,17,18). The summed E-state index contributed by atoms with van der Waals surface area (Å²) >= 11 is 0. The molecule has 2 aliphatic carbocycles. The predicted molar refractivity (Wildman–Crippen MR) is 71.9 cm³/mol. The summed E-state index contributed by atoms with van der Waals surface area (Å²) in [6, 6.07) is 0.0491. The van der Waals surface area contributed by atoms with Crippen LogP contribution in [0.2, 0.25) is 0 Å². The molecule has 0 aromatic rings. The molecular weight excluding hydrogens is 244 g/mol. The average molecular weight is 268 g/mol. The molecule has 2 unspecified atom stereocenters. The molecule has 0 saturated heterocycles. The maximum atomic E-state index is 12.2. The van der Waals surface area contributed by atoms with Gasteiger partial charge in [0.1, 0.15) is 5.54 Å². The zero-order chi connectivity index (χ0) is 14.0. The van der Waals surface area contributed by atoms with Gasteiger partial charge in [0.15, 0.2) is 0 Å². The van der Waals surface area contributed by atoms with Crippen LogP contribution < -0.4 is 5.32 Å². The van der Waals surface area contributed by atoms with Crippen LogP contribution in [-0.4, -0.2) is 40.6 Å². The molecule has 5 heteroatoms. The highest BCUT2D eigenvalue weighted by Crippen LogP contribution is 2.33. The van der Waals surface area contributed by atoms with E-state index in [-0.39, 0.29) is 12.1 Å². The predicted octanol–water partition coefficient (Wildman–Crippen LogP) is 2.21. The van der Waals surface area contributed by atoms with Crippen molar-refractivity contribution in [2.24, 2.45) is 5.92 Å². The highest BCUT2D eigenvalue weighted by Gasteiger charge is 2.44. The van der Waals surface area contributed by atoms with E-state index < -0.39 is 11.5 Å². The number of hydrogen-bond donors (Lipinski definition) is 2. The maximum Gasteiger partial charge on any atom is 0.329 e. The molecule has 2 fully saturated rings. The lowest BCUT2D eigenvalue weighted by Crippen LogP contribution is -2.60. The third-order valence-electron chi connectivity index (χ3n) is 4.70. The number of rotatable bonds is 3. The summed E-state index contributed by atoms with van der Waals surface area (Å²) in [4.78, 5) is 25.5. The van der Waals surface area contributed by atoms with E-state index >= 15 is 0 Å². The normalized spacial score (nSPS) is 31.4. The second kappa shape index (κ2) is 5.39. The van der Waals surface area contributed by atoms with Crippen LogP contribution in [0.4, 0.5) is 4.79 Å². The smallest absolute Gasteiger partial charge is 0.329 e. The van der Waals surface area contributed by atoms with Gasteiger partial charge in [-0.25, -0.2) is 9.59 Å². The Balaban J connectivity index is 2.03. The second-order valence-corrected chi connectivity index (χ2v) is 6.21. The summed E-state index contributed by atoms with van der Waals surface area (Å²) < 4.78 is 0. The first kappa shape index (κ1) is 14.2. The van der Waals surface area contributed by atoms with Gasteiger partial charge in [-0.3, -0.25) is 0 Å². The molecule has 0 spiro atoms. The summed E-state index contributed by atoms with van der Waals surface area (Å²) in [6.07, 6.45) is 6.19. The Bertz CT molecular complexity index is 368. The average Bonchev–Trinajstić information content (AvgIpc) is 2.26. The Kier molecular flexibility index (Phi) is 4.02. The number of carbonyl (C=O) groups is 2. The van der Waals surface area contributed by atoms with Crippen LogP contribution in [0.25, 0.3) is 0 Å². The minimum Gasteiger partial charge on any atom is -0.480 e. The summed E-state index contributed by atoms with van der Waals surface area (Å²) in [5, 5.41) is 12.3. The number of hydrogen-bond acceptors (Lipinski definition) is 2. The number of carboxylic acid groups (broad SMARTS) is 1. The number of nitrogens with one attached hydrogen (secondary N) is 1. The first-order valence-electron chi connectivity index (χ1n) is 7.23. The molecule has 0 aliphatic heterocycles. The van der Waals surface area contributed by atoms with E-state index in [1.165, 1.54) is 0 Å². The minimum atomic E-state index is -1.06. The topological polar surface area (TPSA) is 69.6 Å². The van der Waals surface area contributed by atoms with E-state index in [1.807, 2.05) is 0 Å². The fraction of sp³-hybridized carbons (Fsp3) is 0.857. The molecule has 108 valence electrons. The lowest BCUT2D eigenvalue weighted by Gasteiger charge is -2.40. The molecule has 2 rings (SSSR count). The lowest BCUT2D eigenvalue weighted by atomic mass is 9.76. The number of nitrogens with zero attached hydrogens (tertiary/aromatic N) is 1. The van der Waals surface area contributed by atoms with E-state index in [0.717, 1.165) is 32.1 Å². The van der Waals surface area contributed by atoms with Crippen molar-refractivity contribution in [1.82, 2.24) is 10.2 Å². The maximum absolute atomic E-state index is 12.2. The van der Waals surface area contributed by atoms with Crippen molar-refractivity contribution in [1.29, 1.82) is 0 Å². The first-order chi connectivity index (χ1) is 8.94. The van der Waals surface area contributed by atoms with E-state index in [1.54, 1.807) is 11.9 Å². The number of carbonyl (C=O) groups excluding carboxylic acids is 1.